The predicted octanol–water partition coefficient (Wildman–Crippen LogP) is 8.91. The SMILES string of the molecule is CCCCc1nc2ccc(NC(=O)N(C)C)cc2n1Cc1ccc(OC(c2ccccn2)c2nnnn2C(c2ccccc2)(c2ccccc2)c2ccccc2)cc1. The fourth-order valence-electron chi connectivity index (χ4n) is 7.46. The van der Waals surface area contributed by atoms with Gasteiger partial charge in [-0.2, -0.15) is 0 Å². The summed E-state index contributed by atoms with van der Waals surface area (Å²) < 4.78 is 11.0. The molecule has 0 aliphatic rings. The second-order valence-electron chi connectivity index (χ2n) is 14.4. The number of nitrogens with one attached hydrogen (secondary N) is 1. The predicted molar refractivity (Wildman–Crippen MR) is 226 cm³/mol. The topological polar surface area (TPSA) is 116 Å². The third-order valence-electron chi connectivity index (χ3n) is 10.3. The first-order valence-corrected chi connectivity index (χ1v) is 19.5. The molecular formula is C47H45N9O2. The molecule has 290 valence electrons. The minimum Gasteiger partial charge on any atom is -0.476 e. The minimum atomic E-state index is -0.957. The average molecular weight is 768 g/mol. The van der Waals surface area contributed by atoms with Crippen molar-refractivity contribution in [1.29, 1.82) is 0 Å². The number of hydrogen-bond donors (Lipinski definition) is 1. The molecule has 0 bridgehead atoms. The maximum absolute atomic E-state index is 12.5. The molecule has 3 aromatic heterocycles. The van der Waals surface area contributed by atoms with Crippen LogP contribution in [0.15, 0.2) is 158 Å². The number of imidazole rings is 1. The van der Waals surface area contributed by atoms with Gasteiger partial charge < -0.3 is 19.5 Å². The van der Waals surface area contributed by atoms with E-state index in [0.717, 1.165) is 64.1 Å². The largest absolute Gasteiger partial charge is 0.476 e. The second kappa shape index (κ2) is 16.9. The van der Waals surface area contributed by atoms with Crippen molar-refractivity contribution in [3.63, 3.8) is 0 Å². The molecule has 8 aromatic rings. The Hall–Kier alpha value is -7.14. The summed E-state index contributed by atoms with van der Waals surface area (Å²) in [6, 6.07) is 50.5. The molecule has 0 radical (unpaired) electrons. The van der Waals surface area contributed by atoms with Crippen molar-refractivity contribution in [2.24, 2.45) is 0 Å². The van der Waals surface area contributed by atoms with Gasteiger partial charge in [0.05, 0.1) is 16.7 Å². The number of urea groups is 1. The molecule has 5 aromatic carbocycles. The molecule has 0 fully saturated rings. The number of carbonyl (C=O) groups is 1. The fraction of sp³-hybridized carbons (Fsp3) is 0.191. The van der Waals surface area contributed by atoms with Gasteiger partial charge in [0.2, 0.25) is 6.10 Å². The van der Waals surface area contributed by atoms with Gasteiger partial charge in [-0.05, 0) is 81.6 Å². The zero-order valence-electron chi connectivity index (χ0n) is 32.8. The van der Waals surface area contributed by atoms with Crippen molar-refractivity contribution in [1.82, 2.24) is 39.6 Å². The molecule has 8 rings (SSSR count). The van der Waals surface area contributed by atoms with Crippen LogP contribution < -0.4 is 10.1 Å². The van der Waals surface area contributed by atoms with Crippen molar-refractivity contribution in [2.75, 3.05) is 19.4 Å². The van der Waals surface area contributed by atoms with Crippen LogP contribution in [0.3, 0.4) is 0 Å². The van der Waals surface area contributed by atoms with Crippen LogP contribution in [0.4, 0.5) is 10.5 Å². The van der Waals surface area contributed by atoms with Crippen molar-refractivity contribution in [3.05, 3.63) is 197 Å². The zero-order chi connectivity index (χ0) is 39.9. The number of unbranched alkanes of at least 4 members (excludes halogenated alkanes) is 1. The Balaban J connectivity index is 1.18. The molecule has 0 saturated carbocycles. The Morgan fingerprint density at radius 1 is 0.793 bits per heavy atom. The Bertz CT molecular complexity index is 2480. The third-order valence-corrected chi connectivity index (χ3v) is 10.3. The molecule has 3 heterocycles. The van der Waals surface area contributed by atoms with Crippen molar-refractivity contribution in [2.45, 2.75) is 44.4 Å². The van der Waals surface area contributed by atoms with Crippen LogP contribution in [-0.2, 0) is 18.5 Å². The van der Waals surface area contributed by atoms with Gasteiger partial charge in [0, 0.05) is 38.9 Å². The molecule has 0 aliphatic carbocycles. The summed E-state index contributed by atoms with van der Waals surface area (Å²) >= 11 is 0. The highest BCUT2D eigenvalue weighted by Gasteiger charge is 2.43. The van der Waals surface area contributed by atoms with Crippen LogP contribution >= 0.6 is 0 Å². The molecule has 58 heavy (non-hydrogen) atoms. The molecule has 1 atom stereocenters. The van der Waals surface area contributed by atoms with Crippen LogP contribution in [0.25, 0.3) is 11.0 Å². The zero-order valence-corrected chi connectivity index (χ0v) is 32.8. The van der Waals surface area contributed by atoms with E-state index in [-0.39, 0.29) is 6.03 Å². The number of ether oxygens (including phenoxy) is 1. The summed E-state index contributed by atoms with van der Waals surface area (Å²) in [5.74, 6) is 2.13. The van der Waals surface area contributed by atoms with E-state index in [9.17, 15) is 4.79 Å². The number of benzene rings is 5. The summed E-state index contributed by atoms with van der Waals surface area (Å²) in [7, 11) is 3.45. The van der Waals surface area contributed by atoms with E-state index in [1.165, 1.54) is 4.90 Å². The highest BCUT2D eigenvalue weighted by atomic mass is 16.5. The van der Waals surface area contributed by atoms with Gasteiger partial charge in [-0.3, -0.25) is 4.98 Å². The number of aryl methyl sites for hydroxylation is 1. The number of fused-ring (bicyclic) bond motifs is 1. The number of aromatic nitrogens is 7. The number of hydrogen-bond acceptors (Lipinski definition) is 7. The first-order valence-electron chi connectivity index (χ1n) is 19.5. The summed E-state index contributed by atoms with van der Waals surface area (Å²) in [6.45, 7) is 2.78. The minimum absolute atomic E-state index is 0.184. The monoisotopic (exact) mass is 767 g/mol. The second-order valence-corrected chi connectivity index (χ2v) is 14.4. The molecule has 0 saturated heterocycles. The molecule has 2 amide bonds. The number of tetrazole rings is 1. The average Bonchev–Trinajstić information content (AvgIpc) is 3.89. The molecule has 11 nitrogen and oxygen atoms in total. The van der Waals surface area contributed by atoms with Gasteiger partial charge in [-0.1, -0.05) is 123 Å². The molecule has 11 heteroatoms. The van der Waals surface area contributed by atoms with Gasteiger partial charge in [0.15, 0.2) is 5.82 Å². The number of pyridine rings is 1. The molecular weight excluding hydrogens is 723 g/mol. The molecule has 0 aliphatic heterocycles. The van der Waals surface area contributed by atoms with Crippen molar-refractivity contribution < 1.29 is 9.53 Å². The summed E-state index contributed by atoms with van der Waals surface area (Å²) in [4.78, 5) is 23.8. The molecule has 1 N–H and O–H groups in total. The lowest BCUT2D eigenvalue weighted by Crippen LogP contribution is -2.41. The van der Waals surface area contributed by atoms with E-state index in [4.69, 9.17) is 25.0 Å². The van der Waals surface area contributed by atoms with E-state index in [1.807, 2.05) is 108 Å². The van der Waals surface area contributed by atoms with Crippen molar-refractivity contribution in [3.8, 4) is 5.75 Å². The Labute approximate surface area is 338 Å². The number of carbonyl (C=O) groups excluding carboxylic acids is 1. The van der Waals surface area contributed by atoms with E-state index in [2.05, 4.69) is 70.6 Å². The Morgan fingerprint density at radius 3 is 2.02 bits per heavy atom. The van der Waals surface area contributed by atoms with E-state index in [0.29, 0.717) is 23.8 Å². The first-order chi connectivity index (χ1) is 28.4. The molecule has 0 spiro atoms. The smallest absolute Gasteiger partial charge is 0.321 e. The number of rotatable bonds is 14. The number of amides is 2. The van der Waals surface area contributed by atoms with Gasteiger partial charge in [0.1, 0.15) is 17.1 Å². The highest BCUT2D eigenvalue weighted by Crippen LogP contribution is 2.42. The summed E-state index contributed by atoms with van der Waals surface area (Å²) in [5.41, 5.74) is 6.31. The van der Waals surface area contributed by atoms with Crippen molar-refractivity contribution >= 4 is 22.8 Å². The third kappa shape index (κ3) is 7.54. The lowest BCUT2D eigenvalue weighted by molar-refractivity contribution is 0.217. The Morgan fingerprint density at radius 2 is 1.43 bits per heavy atom. The van der Waals surface area contributed by atoms with Gasteiger partial charge in [-0.25, -0.2) is 14.5 Å². The number of anilines is 1. The van der Waals surface area contributed by atoms with Gasteiger partial charge in [0.25, 0.3) is 0 Å². The first kappa shape index (κ1) is 37.8. The lowest BCUT2D eigenvalue weighted by atomic mass is 9.77. The van der Waals surface area contributed by atoms with Crippen LogP contribution in [0.1, 0.15) is 65.5 Å². The fourth-order valence-corrected chi connectivity index (χ4v) is 7.46. The quantitative estimate of drug-likeness (QED) is 0.110. The van der Waals surface area contributed by atoms with Crippen LogP contribution in [0.2, 0.25) is 0 Å². The summed E-state index contributed by atoms with van der Waals surface area (Å²) in [6.07, 6.45) is 3.91. The van der Waals surface area contributed by atoms with Crippen LogP contribution in [-0.4, -0.2) is 59.8 Å². The number of nitrogens with zero attached hydrogens (tertiary/aromatic N) is 8. The lowest BCUT2D eigenvalue weighted by Gasteiger charge is -2.37. The molecule has 1 unspecified atom stereocenters. The van der Waals surface area contributed by atoms with Crippen LogP contribution in [0.5, 0.6) is 5.75 Å². The maximum Gasteiger partial charge on any atom is 0.321 e. The van der Waals surface area contributed by atoms with Gasteiger partial charge >= 0.3 is 6.03 Å². The van der Waals surface area contributed by atoms with Crippen LogP contribution in [0, 0.1) is 0 Å². The van der Waals surface area contributed by atoms with E-state index >= 15 is 0 Å². The highest BCUT2D eigenvalue weighted by molar-refractivity contribution is 5.92. The maximum atomic E-state index is 12.5. The van der Waals surface area contributed by atoms with E-state index < -0.39 is 11.6 Å². The Kier molecular flexibility index (Phi) is 11.0. The van der Waals surface area contributed by atoms with E-state index in [1.54, 1.807) is 20.3 Å². The normalized spacial score (nSPS) is 12.0. The van der Waals surface area contributed by atoms with Gasteiger partial charge in [-0.15, -0.1) is 5.10 Å². The summed E-state index contributed by atoms with van der Waals surface area (Å²) in [5, 5.41) is 16.7. The standard InChI is InChI=1S/C47H45N9O2/c1-4-5-24-43-50-40-30-27-38(49-46(57)54(2)3)32-42(40)55(43)33-34-25-28-39(29-26-34)58-44(41-23-15-16-31-48-41)45-51-52-53-56(45)47(35-17-9-6-10-18-35,36-19-11-7-12-20-36)37-21-13-8-14-22-37/h6-23,25-32,44H,4-5,24,33H2,1-3H3,(H,49,57).